The Bertz CT molecular complexity index is 452. The molecule has 4 nitrogen and oxygen atoms in total. The molecule has 2 atom stereocenters. The SMILES string of the molecule is C[C@H](CO)NC(c1cccs1)c1nccn1C. The van der Waals surface area contributed by atoms with Crippen molar-refractivity contribution < 1.29 is 5.11 Å². The predicted octanol–water partition coefficient (Wildman–Crippen LogP) is 1.54. The Kier molecular flexibility index (Phi) is 3.93. The van der Waals surface area contributed by atoms with Crippen molar-refractivity contribution in [1.29, 1.82) is 0 Å². The third kappa shape index (κ3) is 2.74. The summed E-state index contributed by atoms with van der Waals surface area (Å²) >= 11 is 1.69. The van der Waals surface area contributed by atoms with E-state index in [-0.39, 0.29) is 18.7 Å². The highest BCUT2D eigenvalue weighted by Gasteiger charge is 2.20. The number of imidazole rings is 1. The van der Waals surface area contributed by atoms with Gasteiger partial charge in [0.25, 0.3) is 0 Å². The Balaban J connectivity index is 2.28. The van der Waals surface area contributed by atoms with Gasteiger partial charge in [0.15, 0.2) is 0 Å². The first-order valence-corrected chi connectivity index (χ1v) is 6.48. The molecule has 92 valence electrons. The molecule has 0 saturated heterocycles. The van der Waals surface area contributed by atoms with Crippen molar-refractivity contribution in [3.8, 4) is 0 Å². The van der Waals surface area contributed by atoms with E-state index in [9.17, 15) is 0 Å². The summed E-state index contributed by atoms with van der Waals surface area (Å²) in [5.41, 5.74) is 0. The zero-order valence-corrected chi connectivity index (χ0v) is 10.8. The van der Waals surface area contributed by atoms with Gasteiger partial charge in [0, 0.05) is 30.4 Å². The number of hydrogen-bond donors (Lipinski definition) is 2. The molecule has 1 unspecified atom stereocenters. The van der Waals surface area contributed by atoms with Gasteiger partial charge in [0.1, 0.15) is 11.9 Å². The van der Waals surface area contributed by atoms with E-state index >= 15 is 0 Å². The van der Waals surface area contributed by atoms with Crippen molar-refractivity contribution in [1.82, 2.24) is 14.9 Å². The van der Waals surface area contributed by atoms with E-state index in [1.165, 1.54) is 4.88 Å². The molecule has 2 N–H and O–H groups in total. The Labute approximate surface area is 105 Å². The van der Waals surface area contributed by atoms with Crippen LogP contribution >= 0.6 is 11.3 Å². The molecule has 0 bridgehead atoms. The van der Waals surface area contributed by atoms with Crippen molar-refractivity contribution >= 4 is 11.3 Å². The fourth-order valence-electron chi connectivity index (χ4n) is 1.73. The normalized spacial score (nSPS) is 14.8. The second-order valence-electron chi connectivity index (χ2n) is 4.10. The highest BCUT2D eigenvalue weighted by Crippen LogP contribution is 2.25. The molecule has 0 amide bonds. The molecule has 0 spiro atoms. The highest BCUT2D eigenvalue weighted by molar-refractivity contribution is 7.10. The molecule has 0 radical (unpaired) electrons. The molecule has 2 heterocycles. The molecule has 5 heteroatoms. The van der Waals surface area contributed by atoms with Crippen LogP contribution in [-0.2, 0) is 7.05 Å². The average Bonchev–Trinajstić information content (AvgIpc) is 2.97. The first kappa shape index (κ1) is 12.3. The van der Waals surface area contributed by atoms with Crippen molar-refractivity contribution in [3.63, 3.8) is 0 Å². The second kappa shape index (κ2) is 5.44. The van der Waals surface area contributed by atoms with Crippen LogP contribution in [0.25, 0.3) is 0 Å². The highest BCUT2D eigenvalue weighted by atomic mass is 32.1. The van der Waals surface area contributed by atoms with Gasteiger partial charge in [0.05, 0.1) is 6.61 Å². The molecule has 0 aliphatic rings. The van der Waals surface area contributed by atoms with Crippen LogP contribution in [0.3, 0.4) is 0 Å². The van der Waals surface area contributed by atoms with Crippen molar-refractivity contribution in [2.24, 2.45) is 7.05 Å². The number of nitrogens with one attached hydrogen (secondary N) is 1. The first-order valence-electron chi connectivity index (χ1n) is 5.60. The largest absolute Gasteiger partial charge is 0.395 e. The van der Waals surface area contributed by atoms with Crippen LogP contribution in [0.2, 0.25) is 0 Å². The molecule has 0 aliphatic carbocycles. The van der Waals surface area contributed by atoms with E-state index in [2.05, 4.69) is 21.7 Å². The summed E-state index contributed by atoms with van der Waals surface area (Å²) in [6.45, 7) is 2.08. The minimum Gasteiger partial charge on any atom is -0.395 e. The number of aliphatic hydroxyl groups is 1. The number of thiophene rings is 1. The molecule has 0 aliphatic heterocycles. The van der Waals surface area contributed by atoms with Crippen LogP contribution in [0.5, 0.6) is 0 Å². The van der Waals surface area contributed by atoms with Gasteiger partial charge >= 0.3 is 0 Å². The van der Waals surface area contributed by atoms with Crippen LogP contribution in [0.15, 0.2) is 29.9 Å². The number of aliphatic hydroxyl groups excluding tert-OH is 1. The summed E-state index contributed by atoms with van der Waals surface area (Å²) in [5.74, 6) is 0.966. The van der Waals surface area contributed by atoms with E-state index in [1.54, 1.807) is 17.5 Å². The lowest BCUT2D eigenvalue weighted by Gasteiger charge is -2.21. The summed E-state index contributed by atoms with van der Waals surface area (Å²) in [5, 5.41) is 14.6. The molecular formula is C12H17N3OS. The number of hydrogen-bond acceptors (Lipinski definition) is 4. The van der Waals surface area contributed by atoms with Gasteiger partial charge in [-0.3, -0.25) is 5.32 Å². The minimum absolute atomic E-state index is 0.0390. The van der Waals surface area contributed by atoms with Gasteiger partial charge in [-0.25, -0.2) is 4.98 Å². The predicted molar refractivity (Wildman–Crippen MR) is 69.1 cm³/mol. The fraction of sp³-hybridized carbons (Fsp3) is 0.417. The third-order valence-corrected chi connectivity index (χ3v) is 3.61. The maximum Gasteiger partial charge on any atom is 0.131 e. The molecule has 17 heavy (non-hydrogen) atoms. The first-order chi connectivity index (χ1) is 8.22. The van der Waals surface area contributed by atoms with Crippen LogP contribution in [0.4, 0.5) is 0 Å². The van der Waals surface area contributed by atoms with Crippen LogP contribution < -0.4 is 5.32 Å². The van der Waals surface area contributed by atoms with E-state index in [0.717, 1.165) is 5.82 Å². The Morgan fingerprint density at radius 3 is 2.94 bits per heavy atom. The Morgan fingerprint density at radius 1 is 1.59 bits per heavy atom. The van der Waals surface area contributed by atoms with Gasteiger partial charge in [0.2, 0.25) is 0 Å². The standard InChI is InChI=1S/C12H17N3OS/c1-9(8-16)14-11(10-4-3-7-17-10)12-13-5-6-15(12)2/h3-7,9,11,14,16H,8H2,1-2H3/t9-,11?/m1/s1. The van der Waals surface area contributed by atoms with Gasteiger partial charge in [-0.05, 0) is 18.4 Å². The van der Waals surface area contributed by atoms with Gasteiger partial charge in [-0.15, -0.1) is 11.3 Å². The Morgan fingerprint density at radius 2 is 2.41 bits per heavy atom. The lowest BCUT2D eigenvalue weighted by molar-refractivity contribution is 0.244. The number of nitrogens with zero attached hydrogens (tertiary/aromatic N) is 2. The number of aromatic nitrogens is 2. The minimum atomic E-state index is 0.0390. The van der Waals surface area contributed by atoms with E-state index < -0.39 is 0 Å². The average molecular weight is 251 g/mol. The Hall–Kier alpha value is -1.17. The third-order valence-electron chi connectivity index (χ3n) is 2.67. The molecule has 0 fully saturated rings. The molecule has 0 aromatic carbocycles. The van der Waals surface area contributed by atoms with Crippen LogP contribution in [0.1, 0.15) is 23.7 Å². The lowest BCUT2D eigenvalue weighted by atomic mass is 10.2. The summed E-state index contributed by atoms with van der Waals surface area (Å²) in [6, 6.07) is 4.19. The van der Waals surface area contributed by atoms with Crippen molar-refractivity contribution in [2.75, 3.05) is 6.61 Å². The van der Waals surface area contributed by atoms with E-state index in [1.807, 2.05) is 30.8 Å². The molecule has 2 aromatic rings. The molecule has 2 aromatic heterocycles. The summed E-state index contributed by atoms with van der Waals surface area (Å²) < 4.78 is 2.00. The zero-order valence-electron chi connectivity index (χ0n) is 10.00. The fourth-order valence-corrected chi connectivity index (χ4v) is 2.51. The summed E-state index contributed by atoms with van der Waals surface area (Å²) in [4.78, 5) is 5.59. The van der Waals surface area contributed by atoms with Gasteiger partial charge in [-0.1, -0.05) is 6.07 Å². The summed E-state index contributed by atoms with van der Waals surface area (Å²) in [6.07, 6.45) is 3.72. The molecule has 0 saturated carbocycles. The van der Waals surface area contributed by atoms with E-state index in [0.29, 0.717) is 0 Å². The molecular weight excluding hydrogens is 234 g/mol. The number of rotatable bonds is 5. The van der Waals surface area contributed by atoms with Crippen LogP contribution in [0, 0.1) is 0 Å². The van der Waals surface area contributed by atoms with E-state index in [4.69, 9.17) is 5.11 Å². The van der Waals surface area contributed by atoms with Crippen molar-refractivity contribution in [2.45, 2.75) is 19.0 Å². The second-order valence-corrected chi connectivity index (χ2v) is 5.07. The maximum absolute atomic E-state index is 9.16. The summed E-state index contributed by atoms with van der Waals surface area (Å²) in [7, 11) is 1.98. The van der Waals surface area contributed by atoms with Gasteiger partial charge < -0.3 is 9.67 Å². The van der Waals surface area contributed by atoms with Crippen molar-refractivity contribution in [3.05, 3.63) is 40.6 Å². The zero-order chi connectivity index (χ0) is 12.3. The topological polar surface area (TPSA) is 50.1 Å². The monoisotopic (exact) mass is 251 g/mol. The maximum atomic E-state index is 9.16. The quantitative estimate of drug-likeness (QED) is 0.847. The van der Waals surface area contributed by atoms with Crippen LogP contribution in [-0.4, -0.2) is 27.3 Å². The lowest BCUT2D eigenvalue weighted by Crippen LogP contribution is -2.34. The molecule has 2 rings (SSSR count). The van der Waals surface area contributed by atoms with Gasteiger partial charge in [-0.2, -0.15) is 0 Å². The number of aryl methyl sites for hydroxylation is 1. The smallest absolute Gasteiger partial charge is 0.131 e.